The second-order valence-electron chi connectivity index (χ2n) is 6.54. The molecule has 0 aliphatic carbocycles. The van der Waals surface area contributed by atoms with Crippen molar-refractivity contribution in [1.82, 2.24) is 0 Å². The molecule has 0 unspecified atom stereocenters. The van der Waals surface area contributed by atoms with E-state index in [0.29, 0.717) is 38.2 Å². The number of carbonyl (C=O) groups is 1. The van der Waals surface area contributed by atoms with Gasteiger partial charge in [-0.2, -0.15) is 0 Å². The normalized spacial score (nSPS) is 11.1. The van der Waals surface area contributed by atoms with E-state index >= 15 is 0 Å². The van der Waals surface area contributed by atoms with Crippen LogP contribution in [0.3, 0.4) is 0 Å². The van der Waals surface area contributed by atoms with Crippen molar-refractivity contribution in [3.8, 4) is 0 Å². The van der Waals surface area contributed by atoms with Gasteiger partial charge in [-0.25, -0.2) is 0 Å². The summed E-state index contributed by atoms with van der Waals surface area (Å²) < 4.78 is 5.94. The third-order valence-corrected chi connectivity index (χ3v) is 4.87. The minimum absolute atomic E-state index is 0.0814. The first-order valence-corrected chi connectivity index (χ1v) is 8.85. The van der Waals surface area contributed by atoms with Crippen LogP contribution >= 0.6 is 11.6 Å². The lowest BCUT2D eigenvalue weighted by molar-refractivity contribution is 0.102. The molecule has 0 fully saturated rings. The molecule has 1 heterocycles. The SMILES string of the molecule is Cc1cc2oc3cc(NC(=O)c4cccc(Cl)c4)ccc3c(=O)c2cc1C. The van der Waals surface area contributed by atoms with E-state index < -0.39 is 0 Å². The van der Waals surface area contributed by atoms with Crippen LogP contribution in [0.2, 0.25) is 5.02 Å². The van der Waals surface area contributed by atoms with Crippen LogP contribution in [-0.4, -0.2) is 5.91 Å². The summed E-state index contributed by atoms with van der Waals surface area (Å²) in [4.78, 5) is 25.2. The Morgan fingerprint density at radius 1 is 0.926 bits per heavy atom. The van der Waals surface area contributed by atoms with Gasteiger partial charge in [-0.05, 0) is 67.4 Å². The summed E-state index contributed by atoms with van der Waals surface area (Å²) in [6.45, 7) is 3.94. The number of amides is 1. The molecule has 0 aliphatic rings. The van der Waals surface area contributed by atoms with Gasteiger partial charge in [0.05, 0.1) is 10.8 Å². The minimum Gasteiger partial charge on any atom is -0.456 e. The number of fused-ring (bicyclic) bond motifs is 2. The topological polar surface area (TPSA) is 59.3 Å². The van der Waals surface area contributed by atoms with E-state index in [2.05, 4.69) is 5.32 Å². The van der Waals surface area contributed by atoms with E-state index in [-0.39, 0.29) is 11.3 Å². The molecule has 0 atom stereocenters. The Morgan fingerprint density at radius 3 is 2.44 bits per heavy atom. The molecular formula is C22H16ClNO3. The van der Waals surface area contributed by atoms with Crippen LogP contribution in [0.1, 0.15) is 21.5 Å². The van der Waals surface area contributed by atoms with E-state index in [1.54, 1.807) is 42.5 Å². The highest BCUT2D eigenvalue weighted by Crippen LogP contribution is 2.24. The fourth-order valence-electron chi connectivity index (χ4n) is 3.02. The van der Waals surface area contributed by atoms with Crippen molar-refractivity contribution in [3.63, 3.8) is 0 Å². The maximum absolute atomic E-state index is 12.8. The molecule has 0 radical (unpaired) electrons. The molecule has 0 spiro atoms. The number of rotatable bonds is 2. The average molecular weight is 378 g/mol. The second kappa shape index (κ2) is 6.56. The predicted octanol–water partition coefficient (Wildman–Crippen LogP) is 5.47. The Labute approximate surface area is 160 Å². The van der Waals surface area contributed by atoms with Gasteiger partial charge in [0.1, 0.15) is 11.2 Å². The number of aryl methyl sites for hydroxylation is 2. The van der Waals surface area contributed by atoms with Crippen LogP contribution in [-0.2, 0) is 0 Å². The lowest BCUT2D eigenvalue weighted by Gasteiger charge is -2.08. The maximum atomic E-state index is 12.8. The molecule has 5 heteroatoms. The quantitative estimate of drug-likeness (QED) is 0.471. The van der Waals surface area contributed by atoms with Gasteiger partial charge in [-0.15, -0.1) is 0 Å². The minimum atomic E-state index is -0.286. The van der Waals surface area contributed by atoms with Gasteiger partial charge in [-0.3, -0.25) is 9.59 Å². The highest BCUT2D eigenvalue weighted by molar-refractivity contribution is 6.31. The number of benzene rings is 3. The lowest BCUT2D eigenvalue weighted by atomic mass is 10.1. The number of nitrogens with one attached hydrogen (secondary N) is 1. The van der Waals surface area contributed by atoms with Crippen LogP contribution in [0.15, 0.2) is 63.8 Å². The van der Waals surface area contributed by atoms with Gasteiger partial charge < -0.3 is 9.73 Å². The predicted molar refractivity (Wildman–Crippen MR) is 109 cm³/mol. The number of hydrogen-bond acceptors (Lipinski definition) is 3. The fourth-order valence-corrected chi connectivity index (χ4v) is 3.21. The third kappa shape index (κ3) is 3.20. The standard InChI is InChI=1S/C22H16ClNO3/c1-12-8-18-19(9-13(12)2)27-20-11-16(6-7-17(20)21(18)25)24-22(26)14-4-3-5-15(23)10-14/h3-11H,1-2H3,(H,24,26). The van der Waals surface area contributed by atoms with E-state index in [1.165, 1.54) is 0 Å². The first-order valence-electron chi connectivity index (χ1n) is 8.47. The summed E-state index contributed by atoms with van der Waals surface area (Å²) in [6, 6.07) is 15.4. The van der Waals surface area contributed by atoms with Gasteiger partial charge in [0.15, 0.2) is 0 Å². The van der Waals surface area contributed by atoms with Crippen molar-refractivity contribution >= 4 is 45.1 Å². The molecule has 4 aromatic rings. The Morgan fingerprint density at radius 2 is 1.67 bits per heavy atom. The molecule has 27 heavy (non-hydrogen) atoms. The summed E-state index contributed by atoms with van der Waals surface area (Å²) >= 11 is 5.94. The molecule has 1 aromatic heterocycles. The molecule has 0 saturated heterocycles. The number of anilines is 1. The molecule has 134 valence electrons. The van der Waals surface area contributed by atoms with Gasteiger partial charge in [-0.1, -0.05) is 17.7 Å². The molecule has 0 bridgehead atoms. The zero-order valence-electron chi connectivity index (χ0n) is 14.8. The molecule has 1 amide bonds. The molecule has 1 N–H and O–H groups in total. The number of halogens is 1. The Bertz CT molecular complexity index is 1270. The molecular weight excluding hydrogens is 362 g/mol. The number of hydrogen-bond donors (Lipinski definition) is 1. The Balaban J connectivity index is 1.78. The first kappa shape index (κ1) is 17.3. The summed E-state index contributed by atoms with van der Waals surface area (Å²) in [5.74, 6) is -0.286. The van der Waals surface area contributed by atoms with E-state index in [0.717, 1.165) is 11.1 Å². The van der Waals surface area contributed by atoms with Crippen molar-refractivity contribution < 1.29 is 9.21 Å². The van der Waals surface area contributed by atoms with Gasteiger partial charge in [0, 0.05) is 22.3 Å². The third-order valence-electron chi connectivity index (χ3n) is 4.63. The lowest BCUT2D eigenvalue weighted by Crippen LogP contribution is -2.12. The first-order chi connectivity index (χ1) is 12.9. The van der Waals surface area contributed by atoms with Crippen LogP contribution < -0.4 is 10.7 Å². The zero-order valence-corrected chi connectivity index (χ0v) is 15.6. The molecule has 4 nitrogen and oxygen atoms in total. The number of carbonyl (C=O) groups excluding carboxylic acids is 1. The summed E-state index contributed by atoms with van der Waals surface area (Å²) in [7, 11) is 0. The van der Waals surface area contributed by atoms with Crippen molar-refractivity contribution in [1.29, 1.82) is 0 Å². The second-order valence-corrected chi connectivity index (χ2v) is 6.98. The molecule has 0 aliphatic heterocycles. The zero-order chi connectivity index (χ0) is 19.1. The van der Waals surface area contributed by atoms with Gasteiger partial charge >= 0.3 is 0 Å². The van der Waals surface area contributed by atoms with E-state index in [1.807, 2.05) is 26.0 Å². The highest BCUT2D eigenvalue weighted by atomic mass is 35.5. The van der Waals surface area contributed by atoms with Crippen molar-refractivity contribution in [3.05, 3.63) is 86.5 Å². The van der Waals surface area contributed by atoms with Crippen LogP contribution in [0.5, 0.6) is 0 Å². The smallest absolute Gasteiger partial charge is 0.255 e. The molecule has 4 rings (SSSR count). The van der Waals surface area contributed by atoms with Crippen molar-refractivity contribution in [2.45, 2.75) is 13.8 Å². The van der Waals surface area contributed by atoms with Crippen LogP contribution in [0.25, 0.3) is 21.9 Å². The molecule has 0 saturated carbocycles. The summed E-state index contributed by atoms with van der Waals surface area (Å²) in [6.07, 6.45) is 0. The molecule has 3 aromatic carbocycles. The highest BCUT2D eigenvalue weighted by Gasteiger charge is 2.12. The van der Waals surface area contributed by atoms with Crippen LogP contribution in [0, 0.1) is 13.8 Å². The van der Waals surface area contributed by atoms with E-state index in [9.17, 15) is 9.59 Å². The fraction of sp³-hybridized carbons (Fsp3) is 0.0909. The maximum Gasteiger partial charge on any atom is 0.255 e. The van der Waals surface area contributed by atoms with Gasteiger partial charge in [0.2, 0.25) is 5.43 Å². The van der Waals surface area contributed by atoms with Crippen molar-refractivity contribution in [2.24, 2.45) is 0 Å². The summed E-state index contributed by atoms with van der Waals surface area (Å²) in [5.41, 5.74) is 3.97. The van der Waals surface area contributed by atoms with Crippen LogP contribution in [0.4, 0.5) is 5.69 Å². The Hall–Kier alpha value is -3.11. The monoisotopic (exact) mass is 377 g/mol. The van der Waals surface area contributed by atoms with Crippen molar-refractivity contribution in [2.75, 3.05) is 5.32 Å². The largest absolute Gasteiger partial charge is 0.456 e. The average Bonchev–Trinajstić information content (AvgIpc) is 2.63. The van der Waals surface area contributed by atoms with Gasteiger partial charge in [0.25, 0.3) is 5.91 Å². The summed E-state index contributed by atoms with van der Waals surface area (Å²) in [5, 5.41) is 4.33. The van der Waals surface area contributed by atoms with E-state index in [4.69, 9.17) is 16.0 Å². The Kier molecular flexibility index (Phi) is 4.21.